The van der Waals surface area contributed by atoms with Crippen molar-refractivity contribution in [1.29, 1.82) is 0 Å². The fourth-order valence-electron chi connectivity index (χ4n) is 2.35. The number of rotatable bonds is 5. The summed E-state index contributed by atoms with van der Waals surface area (Å²) in [5.74, 6) is 0.565. The molecule has 1 amide bonds. The number of nitrogens with zero attached hydrogens (tertiary/aromatic N) is 1. The highest BCUT2D eigenvalue weighted by atomic mass is 16.2. The van der Waals surface area contributed by atoms with Crippen molar-refractivity contribution in [1.82, 2.24) is 14.9 Å². The Kier molecular flexibility index (Phi) is 3.60. The molecule has 0 spiro atoms. The number of hydrogen-bond acceptors (Lipinski definition) is 3. The molecule has 0 saturated heterocycles. The Morgan fingerprint density at radius 1 is 1.29 bits per heavy atom. The monoisotopic (exact) mass is 287 g/mol. The number of carbonyl (C=O) groups excluding carboxylic acids is 1. The second kappa shape index (κ2) is 5.55. The summed E-state index contributed by atoms with van der Waals surface area (Å²) in [4.78, 5) is 37.7. The van der Waals surface area contributed by atoms with E-state index in [1.807, 2.05) is 0 Å². The maximum absolute atomic E-state index is 11.9. The summed E-state index contributed by atoms with van der Waals surface area (Å²) >= 11 is 0. The molecule has 0 bridgehead atoms. The van der Waals surface area contributed by atoms with E-state index in [-0.39, 0.29) is 18.9 Å². The molecule has 1 aromatic carbocycles. The maximum atomic E-state index is 11.9. The van der Waals surface area contributed by atoms with Crippen LogP contribution in [0.5, 0.6) is 0 Å². The third-order valence-electron chi connectivity index (χ3n) is 3.75. The molecular formula is C15H17N3O3. The van der Waals surface area contributed by atoms with Gasteiger partial charge >= 0.3 is 5.69 Å². The van der Waals surface area contributed by atoms with Gasteiger partial charge in [-0.05, 0) is 30.9 Å². The quantitative estimate of drug-likeness (QED) is 0.845. The lowest BCUT2D eigenvalue weighted by atomic mass is 10.2. The minimum Gasteiger partial charge on any atom is -0.356 e. The average Bonchev–Trinajstić information content (AvgIpc) is 3.29. The van der Waals surface area contributed by atoms with Gasteiger partial charge in [0.15, 0.2) is 0 Å². The van der Waals surface area contributed by atoms with Gasteiger partial charge in [-0.3, -0.25) is 19.1 Å². The van der Waals surface area contributed by atoms with Gasteiger partial charge < -0.3 is 5.32 Å². The van der Waals surface area contributed by atoms with E-state index in [1.54, 1.807) is 24.3 Å². The fraction of sp³-hybridized carbons (Fsp3) is 0.400. The minimum absolute atomic E-state index is 0.0657. The second-order valence-electron chi connectivity index (χ2n) is 5.43. The molecule has 0 radical (unpaired) electrons. The molecular weight excluding hydrogens is 270 g/mol. The van der Waals surface area contributed by atoms with E-state index >= 15 is 0 Å². The van der Waals surface area contributed by atoms with Crippen molar-refractivity contribution in [2.24, 2.45) is 5.92 Å². The molecule has 1 aliphatic rings. The normalized spacial score (nSPS) is 14.3. The molecule has 0 aliphatic heterocycles. The highest BCUT2D eigenvalue weighted by Crippen LogP contribution is 2.27. The topological polar surface area (TPSA) is 84.0 Å². The Labute approximate surface area is 120 Å². The van der Waals surface area contributed by atoms with Crippen molar-refractivity contribution in [2.75, 3.05) is 6.54 Å². The number of nitrogens with one attached hydrogen (secondary N) is 2. The molecule has 1 heterocycles. The zero-order valence-electron chi connectivity index (χ0n) is 11.6. The molecule has 2 N–H and O–H groups in total. The smallest absolute Gasteiger partial charge is 0.328 e. The van der Waals surface area contributed by atoms with Gasteiger partial charge in [0.05, 0.1) is 10.9 Å². The van der Waals surface area contributed by atoms with E-state index in [1.165, 1.54) is 17.4 Å². The lowest BCUT2D eigenvalue weighted by molar-refractivity contribution is -0.121. The molecule has 0 atom stereocenters. The Hall–Kier alpha value is -2.37. The van der Waals surface area contributed by atoms with Crippen molar-refractivity contribution in [3.8, 4) is 0 Å². The summed E-state index contributed by atoms with van der Waals surface area (Å²) in [6, 6.07) is 6.89. The molecule has 1 saturated carbocycles. The van der Waals surface area contributed by atoms with Gasteiger partial charge in [-0.2, -0.15) is 0 Å². The Bertz CT molecular complexity index is 787. The molecule has 1 fully saturated rings. The number of aryl methyl sites for hydroxylation is 1. The van der Waals surface area contributed by atoms with Gasteiger partial charge in [0, 0.05) is 19.5 Å². The van der Waals surface area contributed by atoms with Gasteiger partial charge in [0.1, 0.15) is 0 Å². The van der Waals surface area contributed by atoms with Crippen molar-refractivity contribution in [3.05, 3.63) is 45.1 Å². The van der Waals surface area contributed by atoms with Gasteiger partial charge in [0.25, 0.3) is 5.56 Å². The number of para-hydroxylation sites is 1. The van der Waals surface area contributed by atoms with Crippen molar-refractivity contribution >= 4 is 16.8 Å². The lowest BCUT2D eigenvalue weighted by Crippen LogP contribution is -2.33. The van der Waals surface area contributed by atoms with Crippen LogP contribution in [0.3, 0.4) is 0 Å². The lowest BCUT2D eigenvalue weighted by Gasteiger charge is -2.09. The van der Waals surface area contributed by atoms with E-state index in [2.05, 4.69) is 10.3 Å². The maximum Gasteiger partial charge on any atom is 0.328 e. The van der Waals surface area contributed by atoms with E-state index in [0.717, 1.165) is 6.54 Å². The molecule has 1 aliphatic carbocycles. The fourth-order valence-corrected chi connectivity index (χ4v) is 2.35. The van der Waals surface area contributed by atoms with Crippen molar-refractivity contribution in [2.45, 2.75) is 25.8 Å². The van der Waals surface area contributed by atoms with E-state index in [0.29, 0.717) is 16.8 Å². The Morgan fingerprint density at radius 2 is 2.05 bits per heavy atom. The first kappa shape index (κ1) is 13.6. The highest BCUT2D eigenvalue weighted by Gasteiger charge is 2.21. The average molecular weight is 287 g/mol. The van der Waals surface area contributed by atoms with Gasteiger partial charge in [-0.25, -0.2) is 4.79 Å². The number of aromatic nitrogens is 2. The molecule has 21 heavy (non-hydrogen) atoms. The van der Waals surface area contributed by atoms with Crippen LogP contribution in [-0.4, -0.2) is 22.0 Å². The molecule has 6 nitrogen and oxygen atoms in total. The Balaban J connectivity index is 1.78. The molecule has 0 unspecified atom stereocenters. The number of carbonyl (C=O) groups is 1. The number of aromatic amines is 1. The summed E-state index contributed by atoms with van der Waals surface area (Å²) in [6.45, 7) is 0.979. The molecule has 110 valence electrons. The first-order valence-corrected chi connectivity index (χ1v) is 7.14. The minimum atomic E-state index is -0.478. The van der Waals surface area contributed by atoms with Crippen LogP contribution in [0.1, 0.15) is 19.3 Å². The molecule has 3 rings (SSSR count). The second-order valence-corrected chi connectivity index (χ2v) is 5.43. The van der Waals surface area contributed by atoms with Crippen molar-refractivity contribution < 1.29 is 4.79 Å². The van der Waals surface area contributed by atoms with Gasteiger partial charge in [-0.1, -0.05) is 12.1 Å². The summed E-state index contributed by atoms with van der Waals surface area (Å²) in [6.07, 6.45) is 2.59. The number of benzene rings is 1. The van der Waals surface area contributed by atoms with Crippen LogP contribution in [0.15, 0.2) is 33.9 Å². The first-order valence-electron chi connectivity index (χ1n) is 7.14. The zero-order chi connectivity index (χ0) is 14.8. The van der Waals surface area contributed by atoms with E-state index < -0.39 is 11.2 Å². The van der Waals surface area contributed by atoms with E-state index in [9.17, 15) is 14.4 Å². The van der Waals surface area contributed by atoms with E-state index in [4.69, 9.17) is 0 Å². The number of amides is 1. The number of hydrogen-bond donors (Lipinski definition) is 2. The summed E-state index contributed by atoms with van der Waals surface area (Å²) < 4.78 is 1.44. The van der Waals surface area contributed by atoms with Gasteiger partial charge in [0.2, 0.25) is 5.91 Å². The highest BCUT2D eigenvalue weighted by molar-refractivity contribution is 5.78. The molecule has 1 aromatic heterocycles. The molecule has 2 aromatic rings. The van der Waals surface area contributed by atoms with Crippen LogP contribution in [0.25, 0.3) is 10.9 Å². The number of H-pyrrole nitrogens is 1. The van der Waals surface area contributed by atoms with Crippen LogP contribution in [0, 0.1) is 5.92 Å². The third-order valence-corrected chi connectivity index (χ3v) is 3.75. The summed E-state index contributed by atoms with van der Waals surface area (Å²) in [5, 5.41) is 3.32. The third kappa shape index (κ3) is 3.04. The Morgan fingerprint density at radius 3 is 2.81 bits per heavy atom. The van der Waals surface area contributed by atoms with Crippen LogP contribution in [0.4, 0.5) is 0 Å². The predicted octanol–water partition coefficient (Wildman–Crippen LogP) is 0.606. The first-order chi connectivity index (χ1) is 10.1. The van der Waals surface area contributed by atoms with Crippen molar-refractivity contribution in [3.63, 3.8) is 0 Å². The standard InChI is InChI=1S/C15H17N3O3/c19-13(16-9-10-5-6-10)7-8-18-12-4-2-1-3-11(12)14(20)17-15(18)21/h1-4,10H,5-9H2,(H,16,19)(H,17,20,21). The predicted molar refractivity (Wildman–Crippen MR) is 79.2 cm³/mol. The van der Waals surface area contributed by atoms with Crippen LogP contribution < -0.4 is 16.6 Å². The van der Waals surface area contributed by atoms with Gasteiger partial charge in [-0.15, -0.1) is 0 Å². The van der Waals surface area contributed by atoms with Crippen LogP contribution in [-0.2, 0) is 11.3 Å². The largest absolute Gasteiger partial charge is 0.356 e. The summed E-state index contributed by atoms with van der Waals surface area (Å²) in [5.41, 5.74) is -0.319. The SMILES string of the molecule is O=C(CCn1c(=O)[nH]c(=O)c2ccccc21)NCC1CC1. The van der Waals surface area contributed by atoms with Crippen LogP contribution in [0.2, 0.25) is 0 Å². The van der Waals surface area contributed by atoms with Crippen LogP contribution >= 0.6 is 0 Å². The molecule has 6 heteroatoms. The number of fused-ring (bicyclic) bond motifs is 1. The zero-order valence-corrected chi connectivity index (χ0v) is 11.6. The summed E-state index contributed by atoms with van der Waals surface area (Å²) in [7, 11) is 0.